The number of piperidine rings is 1. The van der Waals surface area contributed by atoms with Gasteiger partial charge in [-0.1, -0.05) is 70.5 Å². The zero-order valence-corrected chi connectivity index (χ0v) is 30.7. The van der Waals surface area contributed by atoms with Crippen molar-refractivity contribution >= 4 is 23.7 Å². The molecular formula is C38H59N5O6. The Kier molecular flexibility index (Phi) is 14.2. The molecule has 1 aromatic carbocycles. The van der Waals surface area contributed by atoms with E-state index in [0.29, 0.717) is 44.7 Å². The summed E-state index contributed by atoms with van der Waals surface area (Å²) in [5, 5.41) is 3.05. The summed E-state index contributed by atoms with van der Waals surface area (Å²) in [6, 6.07) is 7.75. The van der Waals surface area contributed by atoms with E-state index in [1.165, 1.54) is 0 Å². The highest BCUT2D eigenvalue weighted by Gasteiger charge is 2.39. The highest BCUT2D eigenvalue weighted by Crippen LogP contribution is 2.27. The maximum atomic E-state index is 13.9. The molecule has 1 aromatic rings. The Labute approximate surface area is 293 Å². The Morgan fingerprint density at radius 1 is 0.939 bits per heavy atom. The van der Waals surface area contributed by atoms with Crippen LogP contribution in [0.15, 0.2) is 42.0 Å². The minimum absolute atomic E-state index is 0.00384. The van der Waals surface area contributed by atoms with Crippen LogP contribution in [0.3, 0.4) is 0 Å². The fourth-order valence-corrected chi connectivity index (χ4v) is 7.21. The Morgan fingerprint density at radius 3 is 2.24 bits per heavy atom. The molecule has 49 heavy (non-hydrogen) atoms. The standard InChI is InChI=1S/C38H59N5O6/c1-26(2)32(41(7)37(46)34(27(3)4)39-35(44)30-16-11-12-18-40(30)6)24-28(5)36(45)43-19-13-17-31(43)38(47)49-33(29-14-9-8-10-15-29)25-42-20-22-48-23-21-42/h8-10,14-15,24,26-27,30-34H,11-13,16-23,25H2,1-7H3,(H,39,44)/b28-24+/t30?,31?,32-,33?,34?/m1/s1. The first-order valence-electron chi connectivity index (χ1n) is 18.2. The van der Waals surface area contributed by atoms with Crippen LogP contribution in [0.4, 0.5) is 0 Å². The third kappa shape index (κ3) is 10.1. The number of ether oxygens (including phenoxy) is 2. The van der Waals surface area contributed by atoms with Crippen LogP contribution in [-0.2, 0) is 28.7 Å². The van der Waals surface area contributed by atoms with Gasteiger partial charge in [0.15, 0.2) is 0 Å². The van der Waals surface area contributed by atoms with Crippen LogP contribution in [0.1, 0.15) is 78.4 Å². The SMILES string of the molecule is C/C(=C\[C@H](C(C)C)N(C)C(=O)C(NC(=O)C1CCCCN1C)C(C)C)C(=O)N1CCCC1C(=O)OC(CN1CCOCC1)c1ccccc1. The van der Waals surface area contributed by atoms with Gasteiger partial charge in [0.2, 0.25) is 17.7 Å². The number of carbonyl (C=O) groups excluding carboxylic acids is 4. The normalized spacial score (nSPS) is 22.9. The number of nitrogens with zero attached hydrogens (tertiary/aromatic N) is 4. The highest BCUT2D eigenvalue weighted by molar-refractivity contribution is 5.96. The van der Waals surface area contributed by atoms with Crippen LogP contribution < -0.4 is 5.32 Å². The van der Waals surface area contributed by atoms with Gasteiger partial charge in [-0.25, -0.2) is 4.79 Å². The minimum Gasteiger partial charge on any atom is -0.455 e. The van der Waals surface area contributed by atoms with Crippen LogP contribution in [0, 0.1) is 11.8 Å². The van der Waals surface area contributed by atoms with Crippen molar-refractivity contribution in [3.8, 4) is 0 Å². The molecule has 3 heterocycles. The molecule has 0 saturated carbocycles. The average Bonchev–Trinajstić information content (AvgIpc) is 3.59. The molecule has 3 saturated heterocycles. The van der Waals surface area contributed by atoms with E-state index in [4.69, 9.17) is 9.47 Å². The van der Waals surface area contributed by atoms with Gasteiger partial charge in [-0.05, 0) is 63.6 Å². The van der Waals surface area contributed by atoms with Gasteiger partial charge in [-0.2, -0.15) is 0 Å². The molecule has 11 nitrogen and oxygen atoms in total. The number of esters is 1. The molecule has 0 spiro atoms. The molecule has 0 radical (unpaired) electrons. The van der Waals surface area contributed by atoms with Gasteiger partial charge in [0, 0.05) is 38.8 Å². The summed E-state index contributed by atoms with van der Waals surface area (Å²) in [4.78, 5) is 62.5. The molecule has 3 amide bonds. The van der Waals surface area contributed by atoms with Crippen molar-refractivity contribution in [1.82, 2.24) is 24.9 Å². The van der Waals surface area contributed by atoms with E-state index in [-0.39, 0.29) is 35.6 Å². The molecule has 4 unspecified atom stereocenters. The zero-order valence-electron chi connectivity index (χ0n) is 30.7. The van der Waals surface area contributed by atoms with E-state index < -0.39 is 30.2 Å². The Hall–Kier alpha value is -3.28. The van der Waals surface area contributed by atoms with Gasteiger partial charge < -0.3 is 24.6 Å². The van der Waals surface area contributed by atoms with Gasteiger partial charge in [-0.3, -0.25) is 24.2 Å². The van der Waals surface area contributed by atoms with Gasteiger partial charge in [0.25, 0.3) is 0 Å². The lowest BCUT2D eigenvalue weighted by molar-refractivity contribution is -0.159. The van der Waals surface area contributed by atoms with Crippen LogP contribution in [0.2, 0.25) is 0 Å². The Bertz CT molecular complexity index is 1300. The molecule has 0 aromatic heterocycles. The van der Waals surface area contributed by atoms with Gasteiger partial charge in [0.1, 0.15) is 18.2 Å². The molecule has 5 atom stereocenters. The molecule has 1 N–H and O–H groups in total. The predicted octanol–water partition coefficient (Wildman–Crippen LogP) is 3.65. The van der Waals surface area contributed by atoms with Crippen molar-refractivity contribution in [3.63, 3.8) is 0 Å². The maximum Gasteiger partial charge on any atom is 0.329 e. The van der Waals surface area contributed by atoms with Crippen molar-refractivity contribution in [2.75, 3.05) is 60.0 Å². The second kappa shape index (κ2) is 18.1. The average molecular weight is 682 g/mol. The number of carbonyl (C=O) groups is 4. The predicted molar refractivity (Wildman–Crippen MR) is 189 cm³/mol. The van der Waals surface area contributed by atoms with E-state index in [1.807, 2.05) is 71.2 Å². The lowest BCUT2D eigenvalue weighted by atomic mass is 9.96. The topological polar surface area (TPSA) is 112 Å². The summed E-state index contributed by atoms with van der Waals surface area (Å²) in [7, 11) is 3.70. The fraction of sp³-hybridized carbons (Fsp3) is 0.684. The quantitative estimate of drug-likeness (QED) is 0.248. The van der Waals surface area contributed by atoms with Gasteiger partial charge in [-0.15, -0.1) is 0 Å². The van der Waals surface area contributed by atoms with Crippen molar-refractivity contribution in [1.29, 1.82) is 0 Å². The van der Waals surface area contributed by atoms with E-state index in [0.717, 1.165) is 44.5 Å². The monoisotopic (exact) mass is 681 g/mol. The number of morpholine rings is 1. The van der Waals surface area contributed by atoms with Crippen molar-refractivity contribution in [2.45, 2.75) is 97.0 Å². The first-order valence-corrected chi connectivity index (χ1v) is 18.2. The molecule has 3 aliphatic rings. The lowest BCUT2D eigenvalue weighted by Gasteiger charge is -2.36. The van der Waals surface area contributed by atoms with Crippen molar-refractivity contribution in [2.24, 2.45) is 11.8 Å². The molecule has 272 valence electrons. The first kappa shape index (κ1) is 38.5. The highest BCUT2D eigenvalue weighted by atomic mass is 16.5. The molecule has 3 aliphatic heterocycles. The van der Waals surface area contributed by atoms with E-state index in [1.54, 1.807) is 23.8 Å². The Balaban J connectivity index is 1.45. The van der Waals surface area contributed by atoms with E-state index in [9.17, 15) is 19.2 Å². The number of likely N-dealkylation sites (N-methyl/N-ethyl adjacent to an activating group) is 2. The van der Waals surface area contributed by atoms with Gasteiger partial charge in [0.05, 0.1) is 25.3 Å². The summed E-state index contributed by atoms with van der Waals surface area (Å²) in [5.74, 6) is -1.05. The molecule has 4 rings (SSSR count). The lowest BCUT2D eigenvalue weighted by Crippen LogP contribution is -2.57. The zero-order chi connectivity index (χ0) is 35.7. The molecule has 3 fully saturated rings. The number of hydrogen-bond donors (Lipinski definition) is 1. The largest absolute Gasteiger partial charge is 0.455 e. The van der Waals surface area contributed by atoms with Gasteiger partial charge >= 0.3 is 5.97 Å². The smallest absolute Gasteiger partial charge is 0.329 e. The van der Waals surface area contributed by atoms with Crippen molar-refractivity contribution < 1.29 is 28.7 Å². The summed E-state index contributed by atoms with van der Waals surface area (Å²) < 4.78 is 11.7. The van der Waals surface area contributed by atoms with Crippen LogP contribution >= 0.6 is 0 Å². The molecule has 0 bridgehead atoms. The third-order valence-electron chi connectivity index (χ3n) is 10.3. The molecular weight excluding hydrogens is 622 g/mol. The van der Waals surface area contributed by atoms with Crippen LogP contribution in [-0.4, -0.2) is 127 Å². The third-order valence-corrected chi connectivity index (χ3v) is 10.3. The number of hydrogen-bond acceptors (Lipinski definition) is 8. The molecule has 11 heteroatoms. The second-order valence-electron chi connectivity index (χ2n) is 14.7. The summed E-state index contributed by atoms with van der Waals surface area (Å²) in [5.41, 5.74) is 1.39. The molecule has 0 aliphatic carbocycles. The number of amides is 3. The van der Waals surface area contributed by atoms with Crippen molar-refractivity contribution in [3.05, 3.63) is 47.5 Å². The van der Waals surface area contributed by atoms with E-state index >= 15 is 0 Å². The van der Waals surface area contributed by atoms with Crippen LogP contribution in [0.5, 0.6) is 0 Å². The summed E-state index contributed by atoms with van der Waals surface area (Å²) in [6.45, 7) is 14.4. The van der Waals surface area contributed by atoms with Crippen LogP contribution in [0.25, 0.3) is 0 Å². The van der Waals surface area contributed by atoms with E-state index in [2.05, 4.69) is 15.1 Å². The fourth-order valence-electron chi connectivity index (χ4n) is 7.21. The second-order valence-corrected chi connectivity index (χ2v) is 14.7. The number of rotatable bonds is 13. The summed E-state index contributed by atoms with van der Waals surface area (Å²) in [6.07, 6.45) is 5.46. The number of benzene rings is 1. The Morgan fingerprint density at radius 2 is 1.61 bits per heavy atom. The number of nitrogens with one attached hydrogen (secondary N) is 1. The summed E-state index contributed by atoms with van der Waals surface area (Å²) >= 11 is 0. The number of likely N-dealkylation sites (tertiary alicyclic amines) is 2. The first-order chi connectivity index (χ1) is 23.4. The minimum atomic E-state index is -0.689. The maximum absolute atomic E-state index is 13.9.